The van der Waals surface area contributed by atoms with Crippen molar-refractivity contribution >= 4 is 29.4 Å². The maximum absolute atomic E-state index is 13.5. The molecule has 0 saturated carbocycles. The van der Waals surface area contributed by atoms with Gasteiger partial charge in [0.1, 0.15) is 0 Å². The van der Waals surface area contributed by atoms with Gasteiger partial charge in [0.15, 0.2) is 22.9 Å². The van der Waals surface area contributed by atoms with Crippen molar-refractivity contribution in [2.75, 3.05) is 20.8 Å². The van der Waals surface area contributed by atoms with Gasteiger partial charge in [0.2, 0.25) is 0 Å². The van der Waals surface area contributed by atoms with E-state index in [1.165, 1.54) is 30.1 Å². The average molecular weight is 495 g/mol. The van der Waals surface area contributed by atoms with Crippen LogP contribution in [0.15, 0.2) is 69.6 Å². The first-order valence-electron chi connectivity index (χ1n) is 10.5. The van der Waals surface area contributed by atoms with Crippen LogP contribution in [-0.2, 0) is 14.3 Å². The molecule has 0 spiro atoms. The van der Waals surface area contributed by atoms with E-state index < -0.39 is 24.6 Å². The summed E-state index contributed by atoms with van der Waals surface area (Å²) in [6.45, 7) is 1.22. The summed E-state index contributed by atoms with van der Waals surface area (Å²) in [4.78, 5) is 42.0. The Hall–Kier alpha value is -4.18. The Morgan fingerprint density at radius 1 is 1.14 bits per heavy atom. The fraction of sp³-hybridized carbons (Fsp3) is 0.200. The first kappa shape index (κ1) is 24.0. The van der Waals surface area contributed by atoms with Crippen LogP contribution < -0.4 is 24.4 Å². The standard InChI is InChI=1S/C25H22N2O7S/c1-14-21(24(31)33-3)22(16-7-5-4-6-8-16)27-23(30)19(35-25(27)26-14)12-15-9-10-17(18(11-15)32-2)34-13-20(28)29/h4-12,22H,13H2,1-3H3,(H,28,29). The van der Waals surface area contributed by atoms with Gasteiger partial charge in [-0.1, -0.05) is 47.7 Å². The van der Waals surface area contributed by atoms with E-state index in [2.05, 4.69) is 4.99 Å². The molecule has 1 aromatic heterocycles. The lowest BCUT2D eigenvalue weighted by Crippen LogP contribution is -2.39. The summed E-state index contributed by atoms with van der Waals surface area (Å²) in [5, 5.41) is 8.84. The van der Waals surface area contributed by atoms with Crippen molar-refractivity contribution < 1.29 is 28.9 Å². The zero-order chi connectivity index (χ0) is 25.1. The molecule has 0 amide bonds. The van der Waals surface area contributed by atoms with Crippen LogP contribution in [-0.4, -0.2) is 42.4 Å². The van der Waals surface area contributed by atoms with E-state index in [1.807, 2.05) is 30.3 Å². The van der Waals surface area contributed by atoms with E-state index >= 15 is 0 Å². The summed E-state index contributed by atoms with van der Waals surface area (Å²) < 4.78 is 17.5. The van der Waals surface area contributed by atoms with E-state index in [4.69, 9.17) is 19.3 Å². The summed E-state index contributed by atoms with van der Waals surface area (Å²) in [6.07, 6.45) is 1.69. The smallest absolute Gasteiger partial charge is 0.341 e. The molecule has 1 N–H and O–H groups in total. The highest BCUT2D eigenvalue weighted by molar-refractivity contribution is 7.07. The lowest BCUT2D eigenvalue weighted by molar-refractivity contribution is -0.139. The molecule has 0 saturated heterocycles. The first-order chi connectivity index (χ1) is 16.8. The third-order valence-electron chi connectivity index (χ3n) is 5.38. The number of aliphatic carboxylic acids is 1. The molecule has 3 aromatic rings. The number of methoxy groups -OCH3 is 2. The molecule has 0 bridgehead atoms. The summed E-state index contributed by atoms with van der Waals surface area (Å²) >= 11 is 1.20. The summed E-state index contributed by atoms with van der Waals surface area (Å²) in [5.41, 5.74) is 1.90. The number of esters is 1. The van der Waals surface area contributed by atoms with Gasteiger partial charge in [-0.15, -0.1) is 0 Å². The lowest BCUT2D eigenvalue weighted by atomic mass is 9.96. The molecule has 1 unspecified atom stereocenters. The molecule has 2 heterocycles. The number of carbonyl (C=O) groups excluding carboxylic acids is 1. The number of carboxylic acids is 1. The second-order valence-electron chi connectivity index (χ2n) is 7.58. The van der Waals surface area contributed by atoms with Crippen molar-refractivity contribution in [3.63, 3.8) is 0 Å². The van der Waals surface area contributed by atoms with Crippen molar-refractivity contribution in [3.8, 4) is 11.5 Å². The topological polar surface area (TPSA) is 116 Å². The SMILES string of the molecule is COC(=O)C1=C(C)N=c2sc(=Cc3ccc(OCC(=O)O)c(OC)c3)c(=O)n2C1c1ccccc1. The van der Waals surface area contributed by atoms with E-state index in [9.17, 15) is 14.4 Å². The van der Waals surface area contributed by atoms with Crippen LogP contribution in [0.25, 0.3) is 6.08 Å². The number of hydrogen-bond donors (Lipinski definition) is 1. The highest BCUT2D eigenvalue weighted by Crippen LogP contribution is 2.31. The Bertz CT molecular complexity index is 1500. The molecular weight excluding hydrogens is 472 g/mol. The Balaban J connectivity index is 1.84. The molecule has 180 valence electrons. The first-order valence-corrected chi connectivity index (χ1v) is 11.3. The van der Waals surface area contributed by atoms with Crippen molar-refractivity contribution in [1.82, 2.24) is 4.57 Å². The van der Waals surface area contributed by atoms with Crippen LogP contribution in [0.3, 0.4) is 0 Å². The minimum Gasteiger partial charge on any atom is -0.493 e. The van der Waals surface area contributed by atoms with Gasteiger partial charge in [0.25, 0.3) is 5.56 Å². The molecule has 9 nitrogen and oxygen atoms in total. The van der Waals surface area contributed by atoms with Crippen LogP contribution in [0.2, 0.25) is 0 Å². The Labute approximate surface area is 203 Å². The molecule has 2 aromatic carbocycles. The van der Waals surface area contributed by atoms with Gasteiger partial charge in [-0.05, 0) is 36.3 Å². The molecule has 10 heteroatoms. The molecule has 1 atom stereocenters. The van der Waals surface area contributed by atoms with E-state index in [-0.39, 0.29) is 11.3 Å². The Morgan fingerprint density at radius 2 is 1.89 bits per heavy atom. The number of carbonyl (C=O) groups is 2. The minimum atomic E-state index is -1.10. The highest BCUT2D eigenvalue weighted by Gasteiger charge is 2.32. The van der Waals surface area contributed by atoms with Gasteiger partial charge < -0.3 is 19.3 Å². The summed E-state index contributed by atoms with van der Waals surface area (Å²) in [5.74, 6) is -1.04. The molecule has 0 aliphatic carbocycles. The van der Waals surface area contributed by atoms with Gasteiger partial charge >= 0.3 is 11.9 Å². The molecule has 35 heavy (non-hydrogen) atoms. The number of carboxylic acid groups (broad SMARTS) is 1. The number of fused-ring (bicyclic) bond motifs is 1. The van der Waals surface area contributed by atoms with Gasteiger partial charge in [-0.25, -0.2) is 14.6 Å². The second kappa shape index (κ2) is 9.98. The Kier molecular flexibility index (Phi) is 6.83. The highest BCUT2D eigenvalue weighted by atomic mass is 32.1. The molecule has 4 rings (SSSR count). The van der Waals surface area contributed by atoms with Gasteiger partial charge in [0.05, 0.1) is 36.1 Å². The molecule has 1 aliphatic heterocycles. The fourth-order valence-corrected chi connectivity index (χ4v) is 4.87. The third-order valence-corrected chi connectivity index (χ3v) is 6.36. The van der Waals surface area contributed by atoms with E-state index in [1.54, 1.807) is 31.2 Å². The maximum atomic E-state index is 13.5. The number of rotatable bonds is 7. The predicted molar refractivity (Wildman–Crippen MR) is 128 cm³/mol. The summed E-state index contributed by atoms with van der Waals surface area (Å²) in [6, 6.07) is 13.5. The van der Waals surface area contributed by atoms with Gasteiger partial charge in [-0.3, -0.25) is 9.36 Å². The van der Waals surface area contributed by atoms with Gasteiger partial charge in [0, 0.05) is 0 Å². The number of hydrogen-bond acceptors (Lipinski definition) is 8. The minimum absolute atomic E-state index is 0.274. The quantitative estimate of drug-likeness (QED) is 0.499. The number of benzene rings is 2. The van der Waals surface area contributed by atoms with Gasteiger partial charge in [-0.2, -0.15) is 0 Å². The Morgan fingerprint density at radius 3 is 2.54 bits per heavy atom. The molecular formula is C25H22N2O7S. The number of thiazole rings is 1. The maximum Gasteiger partial charge on any atom is 0.341 e. The van der Waals surface area contributed by atoms with E-state index in [0.29, 0.717) is 31.9 Å². The van der Waals surface area contributed by atoms with Crippen LogP contribution in [0.4, 0.5) is 0 Å². The average Bonchev–Trinajstić information content (AvgIpc) is 3.16. The van der Waals surface area contributed by atoms with E-state index in [0.717, 1.165) is 5.56 Å². The van der Waals surface area contributed by atoms with Crippen molar-refractivity contribution in [3.05, 3.63) is 90.6 Å². The van der Waals surface area contributed by atoms with Crippen LogP contribution in [0.1, 0.15) is 24.1 Å². The van der Waals surface area contributed by atoms with Crippen molar-refractivity contribution in [1.29, 1.82) is 0 Å². The normalized spacial score (nSPS) is 15.3. The third kappa shape index (κ3) is 4.73. The number of allylic oxidation sites excluding steroid dienone is 1. The molecule has 1 aliphatic rings. The summed E-state index contributed by atoms with van der Waals surface area (Å²) in [7, 11) is 2.74. The van der Waals surface area contributed by atoms with Crippen molar-refractivity contribution in [2.24, 2.45) is 4.99 Å². The largest absolute Gasteiger partial charge is 0.493 e. The lowest BCUT2D eigenvalue weighted by Gasteiger charge is -2.24. The fourth-order valence-electron chi connectivity index (χ4n) is 3.83. The second-order valence-corrected chi connectivity index (χ2v) is 8.59. The molecule has 0 fully saturated rings. The predicted octanol–water partition coefficient (Wildman–Crippen LogP) is 1.88. The molecule has 0 radical (unpaired) electrons. The zero-order valence-corrected chi connectivity index (χ0v) is 20.0. The van der Waals surface area contributed by atoms with Crippen LogP contribution >= 0.6 is 11.3 Å². The van der Waals surface area contributed by atoms with Crippen LogP contribution in [0.5, 0.6) is 11.5 Å². The number of ether oxygens (including phenoxy) is 3. The zero-order valence-electron chi connectivity index (χ0n) is 19.2. The number of nitrogens with zero attached hydrogens (tertiary/aromatic N) is 2. The van der Waals surface area contributed by atoms with Crippen LogP contribution in [0, 0.1) is 0 Å². The monoisotopic (exact) mass is 494 g/mol. The van der Waals surface area contributed by atoms with Crippen molar-refractivity contribution in [2.45, 2.75) is 13.0 Å². The number of aromatic nitrogens is 1.